The third-order valence-electron chi connectivity index (χ3n) is 3.77. The van der Waals surface area contributed by atoms with Crippen molar-refractivity contribution in [2.45, 2.75) is 65.7 Å². The fourth-order valence-electron chi connectivity index (χ4n) is 1.95. The van der Waals surface area contributed by atoms with E-state index in [0.29, 0.717) is 5.75 Å². The summed E-state index contributed by atoms with van der Waals surface area (Å²) in [6.45, 7) is 15.1. The van der Waals surface area contributed by atoms with E-state index in [-0.39, 0.29) is 10.8 Å². The summed E-state index contributed by atoms with van der Waals surface area (Å²) in [6.07, 6.45) is 1.10. The number of aromatic hydroxyl groups is 1. The van der Waals surface area contributed by atoms with Gasteiger partial charge in [0.2, 0.25) is 0 Å². The Labute approximate surface area is 106 Å². The van der Waals surface area contributed by atoms with Gasteiger partial charge in [0.1, 0.15) is 5.75 Å². The fraction of sp³-hybridized carbons (Fsp3) is 0.625. The topological polar surface area (TPSA) is 20.2 Å². The normalized spacial score (nSPS) is 12.9. The predicted octanol–water partition coefficient (Wildman–Crippen LogP) is 4.69. The first-order valence-electron chi connectivity index (χ1n) is 6.44. The molecule has 0 aromatic heterocycles. The molecule has 17 heavy (non-hydrogen) atoms. The molecule has 96 valence electrons. The van der Waals surface area contributed by atoms with E-state index in [4.69, 9.17) is 0 Å². The predicted molar refractivity (Wildman–Crippen MR) is 74.9 cm³/mol. The van der Waals surface area contributed by atoms with Gasteiger partial charge in [-0.05, 0) is 40.9 Å². The minimum absolute atomic E-state index is 0.0192. The van der Waals surface area contributed by atoms with Crippen molar-refractivity contribution < 1.29 is 5.11 Å². The maximum absolute atomic E-state index is 10.2. The highest BCUT2D eigenvalue weighted by molar-refractivity contribution is 5.48. The van der Waals surface area contributed by atoms with Crippen LogP contribution < -0.4 is 0 Å². The lowest BCUT2D eigenvalue weighted by molar-refractivity contribution is 0.438. The number of benzene rings is 1. The Morgan fingerprint density at radius 2 is 1.59 bits per heavy atom. The van der Waals surface area contributed by atoms with Crippen molar-refractivity contribution in [3.8, 4) is 5.75 Å². The molecule has 0 fully saturated rings. The van der Waals surface area contributed by atoms with Crippen LogP contribution in [0.1, 0.15) is 64.7 Å². The highest BCUT2D eigenvalue weighted by Crippen LogP contribution is 2.38. The zero-order valence-electron chi connectivity index (χ0n) is 12.3. The number of phenolic OH excluding ortho intramolecular Hbond substituents is 1. The van der Waals surface area contributed by atoms with E-state index < -0.39 is 0 Å². The average molecular weight is 234 g/mol. The maximum Gasteiger partial charge on any atom is 0.122 e. The average Bonchev–Trinajstić information content (AvgIpc) is 2.19. The maximum atomic E-state index is 10.2. The van der Waals surface area contributed by atoms with Crippen LogP contribution in [0, 0.1) is 6.92 Å². The first-order chi connectivity index (χ1) is 7.59. The lowest BCUT2D eigenvalue weighted by atomic mass is 9.77. The summed E-state index contributed by atoms with van der Waals surface area (Å²) < 4.78 is 0. The minimum atomic E-state index is -0.0192. The van der Waals surface area contributed by atoms with E-state index in [0.717, 1.165) is 17.5 Å². The van der Waals surface area contributed by atoms with Gasteiger partial charge in [-0.3, -0.25) is 0 Å². The summed E-state index contributed by atoms with van der Waals surface area (Å²) in [5.41, 5.74) is 3.50. The van der Waals surface area contributed by atoms with Crippen LogP contribution in [-0.2, 0) is 10.8 Å². The molecule has 0 saturated heterocycles. The SMILES string of the molecule is CCC(C)(C)c1cc(C)c(O)c(C(C)(C)C)c1. The largest absolute Gasteiger partial charge is 0.507 e. The van der Waals surface area contributed by atoms with Crippen LogP contribution in [0.5, 0.6) is 5.75 Å². The summed E-state index contributed by atoms with van der Waals surface area (Å²) in [6, 6.07) is 4.29. The van der Waals surface area contributed by atoms with Gasteiger partial charge in [0, 0.05) is 0 Å². The van der Waals surface area contributed by atoms with E-state index in [9.17, 15) is 5.11 Å². The van der Waals surface area contributed by atoms with Gasteiger partial charge >= 0.3 is 0 Å². The standard InChI is InChI=1S/C16H26O/c1-8-16(6,7)12-9-11(2)14(17)13(10-12)15(3,4)5/h9-10,17H,8H2,1-7H3. The Morgan fingerprint density at radius 1 is 1.06 bits per heavy atom. The van der Waals surface area contributed by atoms with E-state index in [1.165, 1.54) is 5.56 Å². The smallest absolute Gasteiger partial charge is 0.122 e. The first kappa shape index (κ1) is 14.1. The Balaban J connectivity index is 3.45. The molecular weight excluding hydrogens is 208 g/mol. The monoisotopic (exact) mass is 234 g/mol. The van der Waals surface area contributed by atoms with E-state index in [1.807, 2.05) is 6.92 Å². The lowest BCUT2D eigenvalue weighted by Gasteiger charge is -2.28. The van der Waals surface area contributed by atoms with Gasteiger partial charge < -0.3 is 5.11 Å². The van der Waals surface area contributed by atoms with Gasteiger partial charge in [0.15, 0.2) is 0 Å². The van der Waals surface area contributed by atoms with Crippen LogP contribution >= 0.6 is 0 Å². The molecule has 0 heterocycles. The van der Waals surface area contributed by atoms with Crippen molar-refractivity contribution >= 4 is 0 Å². The van der Waals surface area contributed by atoms with Crippen LogP contribution in [0.2, 0.25) is 0 Å². The van der Waals surface area contributed by atoms with Crippen molar-refractivity contribution in [3.05, 3.63) is 28.8 Å². The van der Waals surface area contributed by atoms with Crippen LogP contribution in [0.4, 0.5) is 0 Å². The summed E-state index contributed by atoms with van der Waals surface area (Å²) in [5, 5.41) is 10.2. The Kier molecular flexibility index (Phi) is 3.61. The van der Waals surface area contributed by atoms with Gasteiger partial charge in [-0.15, -0.1) is 0 Å². The molecule has 1 aromatic rings. The second kappa shape index (κ2) is 4.36. The second-order valence-electron chi connectivity index (χ2n) is 6.68. The van der Waals surface area contributed by atoms with Crippen LogP contribution in [0.15, 0.2) is 12.1 Å². The molecule has 1 rings (SSSR count). The molecule has 0 bridgehead atoms. The van der Waals surface area contributed by atoms with Crippen molar-refractivity contribution in [1.29, 1.82) is 0 Å². The Bertz CT molecular complexity index is 408. The van der Waals surface area contributed by atoms with Crippen molar-refractivity contribution in [2.24, 2.45) is 0 Å². The highest BCUT2D eigenvalue weighted by Gasteiger charge is 2.25. The van der Waals surface area contributed by atoms with Crippen molar-refractivity contribution in [3.63, 3.8) is 0 Å². The van der Waals surface area contributed by atoms with Crippen LogP contribution in [-0.4, -0.2) is 5.11 Å². The third kappa shape index (κ3) is 2.83. The molecule has 0 atom stereocenters. The first-order valence-corrected chi connectivity index (χ1v) is 6.44. The quantitative estimate of drug-likeness (QED) is 0.787. The Morgan fingerprint density at radius 3 is 2.00 bits per heavy atom. The number of hydrogen-bond acceptors (Lipinski definition) is 1. The number of hydrogen-bond donors (Lipinski definition) is 1. The van der Waals surface area contributed by atoms with Gasteiger partial charge in [-0.25, -0.2) is 0 Å². The van der Waals surface area contributed by atoms with Crippen molar-refractivity contribution in [1.82, 2.24) is 0 Å². The van der Waals surface area contributed by atoms with Crippen LogP contribution in [0.25, 0.3) is 0 Å². The molecule has 0 spiro atoms. The molecule has 0 aliphatic heterocycles. The third-order valence-corrected chi connectivity index (χ3v) is 3.77. The molecule has 1 aromatic carbocycles. The Hall–Kier alpha value is -0.980. The molecule has 0 amide bonds. The molecule has 1 N–H and O–H groups in total. The fourth-order valence-corrected chi connectivity index (χ4v) is 1.95. The zero-order chi connectivity index (χ0) is 13.4. The molecule has 0 aliphatic rings. The van der Waals surface area contributed by atoms with Crippen molar-refractivity contribution in [2.75, 3.05) is 0 Å². The summed E-state index contributed by atoms with van der Waals surface area (Å²) in [7, 11) is 0. The van der Waals surface area contributed by atoms with Crippen LogP contribution in [0.3, 0.4) is 0 Å². The molecule has 0 saturated carbocycles. The molecular formula is C16H26O. The second-order valence-corrected chi connectivity index (χ2v) is 6.68. The molecule has 1 nitrogen and oxygen atoms in total. The molecule has 0 radical (unpaired) electrons. The zero-order valence-corrected chi connectivity index (χ0v) is 12.3. The highest BCUT2D eigenvalue weighted by atomic mass is 16.3. The summed E-state index contributed by atoms with van der Waals surface area (Å²) in [5.74, 6) is 0.452. The molecule has 1 heteroatoms. The van der Waals surface area contributed by atoms with Gasteiger partial charge in [0.25, 0.3) is 0 Å². The number of aryl methyl sites for hydroxylation is 1. The number of phenols is 1. The summed E-state index contributed by atoms with van der Waals surface area (Å²) in [4.78, 5) is 0. The van der Waals surface area contributed by atoms with Gasteiger partial charge in [0.05, 0.1) is 0 Å². The van der Waals surface area contributed by atoms with Gasteiger partial charge in [-0.2, -0.15) is 0 Å². The number of rotatable bonds is 2. The van der Waals surface area contributed by atoms with E-state index in [2.05, 4.69) is 53.7 Å². The van der Waals surface area contributed by atoms with Gasteiger partial charge in [-0.1, -0.05) is 53.7 Å². The minimum Gasteiger partial charge on any atom is -0.507 e. The summed E-state index contributed by atoms with van der Waals surface area (Å²) >= 11 is 0. The van der Waals surface area contributed by atoms with E-state index >= 15 is 0 Å². The lowest BCUT2D eigenvalue weighted by Crippen LogP contribution is -2.19. The molecule has 0 unspecified atom stereocenters. The molecule has 0 aliphatic carbocycles. The van der Waals surface area contributed by atoms with E-state index in [1.54, 1.807) is 0 Å².